The molecule has 0 aliphatic heterocycles. The van der Waals surface area contributed by atoms with Crippen LogP contribution in [0.3, 0.4) is 0 Å². The van der Waals surface area contributed by atoms with Crippen LogP contribution in [0, 0.1) is 0 Å². The van der Waals surface area contributed by atoms with Gasteiger partial charge in [-0.1, -0.05) is 36.4 Å². The molecule has 0 fully saturated rings. The van der Waals surface area contributed by atoms with Crippen LogP contribution in [-0.4, -0.2) is 10.9 Å². The highest BCUT2D eigenvalue weighted by atomic mass is 32.1. The number of hydrogen-bond donors (Lipinski definition) is 1. The minimum atomic E-state index is -0.233. The fourth-order valence-corrected chi connectivity index (χ4v) is 3.22. The lowest BCUT2D eigenvalue weighted by atomic mass is 10.2. The van der Waals surface area contributed by atoms with Gasteiger partial charge in [0.15, 0.2) is 12.4 Å². The summed E-state index contributed by atoms with van der Waals surface area (Å²) >= 11 is 1.58. The summed E-state index contributed by atoms with van der Waals surface area (Å²) in [6.07, 6.45) is 1.68. The molecule has 6 heteroatoms. The molecule has 0 radical (unpaired) electrons. The molecular weight excluding hydrogens is 360 g/mol. The van der Waals surface area contributed by atoms with Gasteiger partial charge < -0.3 is 14.5 Å². The fourth-order valence-electron chi connectivity index (χ4n) is 2.55. The quantitative estimate of drug-likeness (QED) is 0.500. The van der Waals surface area contributed by atoms with Crippen molar-refractivity contribution in [3.05, 3.63) is 89.8 Å². The Bertz CT molecular complexity index is 1030. The molecule has 0 saturated carbocycles. The molecule has 5 nitrogen and oxygen atoms in total. The van der Waals surface area contributed by atoms with Crippen molar-refractivity contribution in [1.82, 2.24) is 4.98 Å². The Morgan fingerprint density at radius 3 is 2.67 bits per heavy atom. The van der Waals surface area contributed by atoms with Crippen LogP contribution in [0.5, 0.6) is 5.75 Å². The van der Waals surface area contributed by atoms with Gasteiger partial charge in [-0.2, -0.15) is 0 Å². The van der Waals surface area contributed by atoms with Crippen LogP contribution in [-0.2, 0) is 6.61 Å². The summed E-state index contributed by atoms with van der Waals surface area (Å²) in [4.78, 5) is 17.8. The highest BCUT2D eigenvalue weighted by Gasteiger charge is 2.14. The van der Waals surface area contributed by atoms with E-state index in [0.717, 1.165) is 10.6 Å². The lowest BCUT2D eigenvalue weighted by Crippen LogP contribution is -2.13. The number of benzene rings is 2. The SMILES string of the molecule is O=C(Nc1ccccc1)c1ccccc1OCc1ncc(-c2cccs2)o1. The number of nitrogens with zero attached hydrogens (tertiary/aromatic N) is 1. The first-order valence-electron chi connectivity index (χ1n) is 8.36. The predicted octanol–water partition coefficient (Wildman–Crippen LogP) is 5.23. The van der Waals surface area contributed by atoms with Crippen molar-refractivity contribution >= 4 is 22.9 Å². The number of amides is 1. The van der Waals surface area contributed by atoms with E-state index in [-0.39, 0.29) is 12.5 Å². The van der Waals surface area contributed by atoms with E-state index in [1.54, 1.807) is 35.7 Å². The van der Waals surface area contributed by atoms with Crippen molar-refractivity contribution in [3.63, 3.8) is 0 Å². The molecule has 0 aliphatic carbocycles. The monoisotopic (exact) mass is 376 g/mol. The summed E-state index contributed by atoms with van der Waals surface area (Å²) < 4.78 is 11.5. The van der Waals surface area contributed by atoms with Gasteiger partial charge in [-0.25, -0.2) is 4.98 Å². The summed E-state index contributed by atoms with van der Waals surface area (Å²) in [7, 11) is 0. The summed E-state index contributed by atoms with van der Waals surface area (Å²) in [6, 6.07) is 20.3. The van der Waals surface area contributed by atoms with Gasteiger partial charge in [0.25, 0.3) is 5.91 Å². The van der Waals surface area contributed by atoms with Gasteiger partial charge in [0.05, 0.1) is 16.6 Å². The topological polar surface area (TPSA) is 64.4 Å². The number of carbonyl (C=O) groups is 1. The third-order valence-electron chi connectivity index (χ3n) is 3.83. The zero-order valence-electron chi connectivity index (χ0n) is 14.3. The first-order valence-corrected chi connectivity index (χ1v) is 9.24. The Labute approximate surface area is 160 Å². The summed E-state index contributed by atoms with van der Waals surface area (Å²) in [5.41, 5.74) is 1.18. The van der Waals surface area contributed by atoms with Crippen LogP contribution in [0.1, 0.15) is 16.2 Å². The normalized spacial score (nSPS) is 10.5. The Morgan fingerprint density at radius 2 is 1.85 bits per heavy atom. The number of para-hydroxylation sites is 2. The Morgan fingerprint density at radius 1 is 1.04 bits per heavy atom. The second-order valence-corrected chi connectivity index (χ2v) is 6.65. The molecule has 2 heterocycles. The van der Waals surface area contributed by atoms with E-state index < -0.39 is 0 Å². The van der Waals surface area contributed by atoms with Gasteiger partial charge in [0.1, 0.15) is 5.75 Å². The Hall–Kier alpha value is -3.38. The zero-order valence-corrected chi connectivity index (χ0v) is 15.1. The van der Waals surface area contributed by atoms with E-state index in [4.69, 9.17) is 9.15 Å². The standard InChI is InChI=1S/C21H16N2O3S/c24-21(23-15-7-2-1-3-8-15)16-9-4-5-10-17(16)25-14-20-22-13-18(26-20)19-11-6-12-27-19/h1-13H,14H2,(H,23,24). The van der Waals surface area contributed by atoms with E-state index >= 15 is 0 Å². The number of oxazole rings is 1. The molecule has 4 aromatic rings. The first kappa shape index (κ1) is 17.1. The van der Waals surface area contributed by atoms with Crippen molar-refractivity contribution in [2.75, 3.05) is 5.32 Å². The first-order chi connectivity index (χ1) is 13.3. The number of hydrogen-bond acceptors (Lipinski definition) is 5. The number of ether oxygens (including phenoxy) is 1. The Kier molecular flexibility index (Phi) is 4.98. The smallest absolute Gasteiger partial charge is 0.259 e. The minimum Gasteiger partial charge on any atom is -0.483 e. The number of rotatable bonds is 6. The molecule has 0 atom stereocenters. The zero-order chi connectivity index (χ0) is 18.5. The van der Waals surface area contributed by atoms with E-state index in [0.29, 0.717) is 23.0 Å². The third kappa shape index (κ3) is 4.07. The Balaban J connectivity index is 1.46. The maximum absolute atomic E-state index is 12.6. The second-order valence-electron chi connectivity index (χ2n) is 5.70. The van der Waals surface area contributed by atoms with Gasteiger partial charge in [-0.3, -0.25) is 4.79 Å². The number of aromatic nitrogens is 1. The molecule has 27 heavy (non-hydrogen) atoms. The average molecular weight is 376 g/mol. The van der Waals surface area contributed by atoms with Gasteiger partial charge >= 0.3 is 0 Å². The molecule has 2 aromatic carbocycles. The van der Waals surface area contributed by atoms with Crippen LogP contribution in [0.4, 0.5) is 5.69 Å². The summed E-state index contributed by atoms with van der Waals surface area (Å²) in [5, 5.41) is 4.84. The minimum absolute atomic E-state index is 0.140. The van der Waals surface area contributed by atoms with Crippen LogP contribution in [0.15, 0.2) is 82.7 Å². The van der Waals surface area contributed by atoms with E-state index in [1.165, 1.54) is 0 Å². The van der Waals surface area contributed by atoms with Crippen molar-refractivity contribution in [3.8, 4) is 16.4 Å². The molecule has 1 N–H and O–H groups in total. The third-order valence-corrected chi connectivity index (χ3v) is 4.72. The largest absolute Gasteiger partial charge is 0.483 e. The van der Waals surface area contributed by atoms with Crippen molar-refractivity contribution in [1.29, 1.82) is 0 Å². The predicted molar refractivity (Wildman–Crippen MR) is 105 cm³/mol. The highest BCUT2D eigenvalue weighted by Crippen LogP contribution is 2.26. The van der Waals surface area contributed by atoms with E-state index in [1.807, 2.05) is 53.9 Å². The molecule has 2 aromatic heterocycles. The molecule has 134 valence electrons. The van der Waals surface area contributed by atoms with Crippen molar-refractivity contribution in [2.24, 2.45) is 0 Å². The van der Waals surface area contributed by atoms with Gasteiger partial charge in [-0.15, -0.1) is 11.3 Å². The van der Waals surface area contributed by atoms with Crippen molar-refractivity contribution in [2.45, 2.75) is 6.61 Å². The number of carbonyl (C=O) groups excluding carboxylic acids is 1. The van der Waals surface area contributed by atoms with Crippen LogP contribution >= 0.6 is 11.3 Å². The molecular formula is C21H16N2O3S. The molecule has 0 unspecified atom stereocenters. The average Bonchev–Trinajstić information content (AvgIpc) is 3.39. The molecule has 1 amide bonds. The van der Waals surface area contributed by atoms with Crippen LogP contribution in [0.2, 0.25) is 0 Å². The number of anilines is 1. The van der Waals surface area contributed by atoms with Crippen LogP contribution in [0.25, 0.3) is 10.6 Å². The molecule has 0 saturated heterocycles. The molecule has 0 bridgehead atoms. The van der Waals surface area contributed by atoms with Gasteiger partial charge in [-0.05, 0) is 35.7 Å². The maximum Gasteiger partial charge on any atom is 0.259 e. The van der Waals surface area contributed by atoms with E-state index in [9.17, 15) is 4.79 Å². The van der Waals surface area contributed by atoms with Gasteiger partial charge in [0.2, 0.25) is 5.89 Å². The molecule has 0 spiro atoms. The molecule has 4 rings (SSSR count). The lowest BCUT2D eigenvalue weighted by Gasteiger charge is -2.10. The fraction of sp³-hybridized carbons (Fsp3) is 0.0476. The van der Waals surface area contributed by atoms with Gasteiger partial charge in [0, 0.05) is 5.69 Å². The lowest BCUT2D eigenvalue weighted by molar-refractivity contribution is 0.102. The second kappa shape index (κ2) is 7.88. The highest BCUT2D eigenvalue weighted by molar-refractivity contribution is 7.13. The van der Waals surface area contributed by atoms with Crippen molar-refractivity contribution < 1.29 is 13.9 Å². The van der Waals surface area contributed by atoms with Crippen LogP contribution < -0.4 is 10.1 Å². The number of nitrogens with one attached hydrogen (secondary N) is 1. The van der Waals surface area contributed by atoms with E-state index in [2.05, 4.69) is 10.3 Å². The maximum atomic E-state index is 12.6. The summed E-state index contributed by atoms with van der Waals surface area (Å²) in [5.74, 6) is 1.40. The number of thiophene rings is 1. The molecule has 0 aliphatic rings. The summed E-state index contributed by atoms with van der Waals surface area (Å²) in [6.45, 7) is 0.140.